The molecule has 0 unspecified atom stereocenters. The van der Waals surface area contributed by atoms with Crippen LogP contribution in [0.2, 0.25) is 0 Å². The number of hydrogen-bond acceptors (Lipinski definition) is 1. The highest BCUT2D eigenvalue weighted by atomic mass is 16.3. The average Bonchev–Trinajstić information content (AvgIpc) is 2.69. The Balaban J connectivity index is 1.74. The van der Waals surface area contributed by atoms with Gasteiger partial charge in [0.05, 0.1) is 0 Å². The molecule has 0 saturated heterocycles. The highest BCUT2D eigenvalue weighted by Gasteiger charge is 2.63. The Morgan fingerprint density at radius 2 is 1.71 bits per heavy atom. The molecule has 0 aliphatic heterocycles. The molecular formula is C20H32O. The molecule has 0 aromatic heterocycles. The molecule has 6 atom stereocenters. The van der Waals surface area contributed by atoms with Crippen LogP contribution in [-0.2, 0) is 0 Å². The predicted molar refractivity (Wildman–Crippen MR) is 86.9 cm³/mol. The number of hydrogen-bond donors (Lipinski definition) is 1. The topological polar surface area (TPSA) is 20.2 Å². The van der Waals surface area contributed by atoms with E-state index in [2.05, 4.69) is 32.9 Å². The molecule has 118 valence electrons. The second-order valence-corrected chi connectivity index (χ2v) is 9.75. The summed E-state index contributed by atoms with van der Waals surface area (Å²) >= 11 is 0. The van der Waals surface area contributed by atoms with Crippen LogP contribution in [0.5, 0.6) is 0 Å². The normalized spacial score (nSPS) is 58.7. The maximum Gasteiger partial charge on any atom is 0.0487 e. The van der Waals surface area contributed by atoms with E-state index in [1.54, 1.807) is 0 Å². The van der Waals surface area contributed by atoms with E-state index >= 15 is 0 Å². The zero-order valence-electron chi connectivity index (χ0n) is 14.1. The molecule has 0 aromatic rings. The molecule has 21 heavy (non-hydrogen) atoms. The van der Waals surface area contributed by atoms with E-state index in [0.29, 0.717) is 22.9 Å². The third kappa shape index (κ3) is 1.73. The summed E-state index contributed by atoms with van der Waals surface area (Å²) in [6.07, 6.45) is 16.1. The summed E-state index contributed by atoms with van der Waals surface area (Å²) in [5.74, 6) is 1.60. The molecule has 3 fully saturated rings. The summed E-state index contributed by atoms with van der Waals surface area (Å²) in [4.78, 5) is 0. The largest absolute Gasteiger partial charge is 0.396 e. The van der Waals surface area contributed by atoms with Crippen LogP contribution >= 0.6 is 0 Å². The van der Waals surface area contributed by atoms with Gasteiger partial charge in [0, 0.05) is 6.61 Å². The van der Waals surface area contributed by atoms with Gasteiger partial charge in [0.25, 0.3) is 0 Å². The van der Waals surface area contributed by atoms with Gasteiger partial charge in [-0.25, -0.2) is 0 Å². The van der Waals surface area contributed by atoms with Gasteiger partial charge in [-0.05, 0) is 78.4 Å². The molecule has 0 radical (unpaired) electrons. The molecule has 4 aliphatic carbocycles. The van der Waals surface area contributed by atoms with Crippen LogP contribution in [0.25, 0.3) is 0 Å². The van der Waals surface area contributed by atoms with Crippen molar-refractivity contribution in [3.05, 3.63) is 12.2 Å². The van der Waals surface area contributed by atoms with Gasteiger partial charge in [0.1, 0.15) is 0 Å². The zero-order valence-corrected chi connectivity index (χ0v) is 14.1. The van der Waals surface area contributed by atoms with Gasteiger partial charge < -0.3 is 5.11 Å². The van der Waals surface area contributed by atoms with Gasteiger partial charge in [-0.1, -0.05) is 39.3 Å². The lowest BCUT2D eigenvalue weighted by Gasteiger charge is -2.64. The van der Waals surface area contributed by atoms with Crippen molar-refractivity contribution in [1.82, 2.24) is 0 Å². The summed E-state index contributed by atoms with van der Waals surface area (Å²) in [7, 11) is 0. The minimum atomic E-state index is 0.178. The van der Waals surface area contributed by atoms with E-state index in [0.717, 1.165) is 11.8 Å². The second kappa shape index (κ2) is 4.16. The minimum absolute atomic E-state index is 0.178. The Kier molecular flexibility index (Phi) is 2.83. The third-order valence-corrected chi connectivity index (χ3v) is 8.41. The van der Waals surface area contributed by atoms with E-state index in [-0.39, 0.29) is 5.41 Å². The summed E-state index contributed by atoms with van der Waals surface area (Å²) in [6, 6.07) is 0. The SMILES string of the molecule is C[C@]12C=C[C@@]3(CC[C@H]4[C@](C)(CO)CCC[C@@]4(C)[C@H]3CC1)C2. The van der Waals surface area contributed by atoms with Crippen LogP contribution < -0.4 is 0 Å². The Labute approximate surface area is 130 Å². The van der Waals surface area contributed by atoms with Gasteiger partial charge in [0.15, 0.2) is 0 Å². The Bertz CT molecular complexity index is 482. The van der Waals surface area contributed by atoms with Gasteiger partial charge in [-0.15, -0.1) is 0 Å². The maximum atomic E-state index is 10.1. The van der Waals surface area contributed by atoms with Crippen molar-refractivity contribution >= 4 is 0 Å². The van der Waals surface area contributed by atoms with E-state index < -0.39 is 0 Å². The smallest absolute Gasteiger partial charge is 0.0487 e. The number of fused-ring (bicyclic) bond motifs is 3. The van der Waals surface area contributed by atoms with E-state index in [4.69, 9.17) is 0 Å². The van der Waals surface area contributed by atoms with Crippen molar-refractivity contribution in [1.29, 1.82) is 0 Å². The lowest BCUT2D eigenvalue weighted by Crippen LogP contribution is -2.57. The zero-order chi connectivity index (χ0) is 14.9. The molecule has 0 aromatic carbocycles. The van der Waals surface area contributed by atoms with Gasteiger partial charge in [0.2, 0.25) is 0 Å². The van der Waals surface area contributed by atoms with Crippen LogP contribution in [0.4, 0.5) is 0 Å². The average molecular weight is 288 g/mol. The molecule has 3 saturated carbocycles. The number of rotatable bonds is 1. The summed E-state index contributed by atoms with van der Waals surface area (Å²) in [6.45, 7) is 7.82. The lowest BCUT2D eigenvalue weighted by molar-refractivity contribution is -0.154. The van der Waals surface area contributed by atoms with E-state index in [1.807, 2.05) is 0 Å². The molecule has 1 spiro atoms. The van der Waals surface area contributed by atoms with Crippen molar-refractivity contribution in [2.45, 2.75) is 72.1 Å². The van der Waals surface area contributed by atoms with Gasteiger partial charge >= 0.3 is 0 Å². The first-order valence-corrected chi connectivity index (χ1v) is 9.17. The monoisotopic (exact) mass is 288 g/mol. The number of allylic oxidation sites excluding steroid dienone is 2. The van der Waals surface area contributed by atoms with Crippen molar-refractivity contribution in [3.8, 4) is 0 Å². The number of aliphatic hydroxyl groups excluding tert-OH is 1. The Morgan fingerprint density at radius 3 is 2.48 bits per heavy atom. The van der Waals surface area contributed by atoms with Crippen molar-refractivity contribution in [2.24, 2.45) is 33.5 Å². The quantitative estimate of drug-likeness (QED) is 0.677. The van der Waals surface area contributed by atoms with Gasteiger partial charge in [-0.3, -0.25) is 0 Å². The van der Waals surface area contributed by atoms with Crippen LogP contribution in [0.15, 0.2) is 12.2 Å². The lowest BCUT2D eigenvalue weighted by atomic mass is 9.40. The van der Waals surface area contributed by atoms with E-state index in [1.165, 1.54) is 51.4 Å². The fraction of sp³-hybridized carbons (Fsp3) is 0.900. The highest BCUT2D eigenvalue weighted by Crippen LogP contribution is 2.71. The molecular weight excluding hydrogens is 256 g/mol. The summed E-state index contributed by atoms with van der Waals surface area (Å²) in [5, 5.41) is 10.1. The van der Waals surface area contributed by atoms with Crippen LogP contribution in [0, 0.1) is 33.5 Å². The van der Waals surface area contributed by atoms with Crippen molar-refractivity contribution < 1.29 is 5.11 Å². The third-order valence-electron chi connectivity index (χ3n) is 8.41. The number of aliphatic hydroxyl groups is 1. The van der Waals surface area contributed by atoms with Crippen LogP contribution in [-0.4, -0.2) is 11.7 Å². The molecule has 1 heteroatoms. The molecule has 1 nitrogen and oxygen atoms in total. The predicted octanol–water partition coefficient (Wildman–Crippen LogP) is 4.95. The Hall–Kier alpha value is -0.300. The molecule has 4 rings (SSSR count). The van der Waals surface area contributed by atoms with Crippen molar-refractivity contribution in [3.63, 3.8) is 0 Å². The van der Waals surface area contributed by atoms with Crippen LogP contribution in [0.1, 0.15) is 72.1 Å². The first-order chi connectivity index (χ1) is 9.86. The fourth-order valence-electron chi connectivity index (χ4n) is 7.46. The standard InChI is InChI=1S/C20H32O/c1-17-9-5-16-19(3)8-4-7-18(2,14-21)15(19)6-10-20(16,13-17)12-11-17/h11-12,15-16,21H,4-10,13-14H2,1-3H3/t15-,16+,17+,18-,19+,20-/m0/s1. The first-order valence-electron chi connectivity index (χ1n) is 9.17. The molecule has 4 aliphatic rings. The summed E-state index contributed by atoms with van der Waals surface area (Å²) < 4.78 is 0. The Morgan fingerprint density at radius 1 is 0.952 bits per heavy atom. The molecule has 2 bridgehead atoms. The molecule has 0 amide bonds. The van der Waals surface area contributed by atoms with Crippen LogP contribution in [0.3, 0.4) is 0 Å². The summed E-state index contributed by atoms with van der Waals surface area (Å²) in [5.41, 5.74) is 1.64. The second-order valence-electron chi connectivity index (χ2n) is 9.75. The molecule has 1 N–H and O–H groups in total. The molecule has 0 heterocycles. The van der Waals surface area contributed by atoms with Crippen molar-refractivity contribution in [2.75, 3.05) is 6.61 Å². The maximum absolute atomic E-state index is 10.1. The van der Waals surface area contributed by atoms with Gasteiger partial charge in [-0.2, -0.15) is 0 Å². The highest BCUT2D eigenvalue weighted by molar-refractivity contribution is 5.25. The first kappa shape index (κ1) is 14.3. The minimum Gasteiger partial charge on any atom is -0.396 e. The fourth-order valence-corrected chi connectivity index (χ4v) is 7.46. The van der Waals surface area contributed by atoms with E-state index in [9.17, 15) is 5.11 Å².